The number of halogens is 2. The number of nitrogens with one attached hydrogen (secondary N) is 1. The molecule has 1 aliphatic rings. The summed E-state index contributed by atoms with van der Waals surface area (Å²) >= 11 is 8.38. The van der Waals surface area contributed by atoms with E-state index in [2.05, 4.69) is 21.2 Å². The van der Waals surface area contributed by atoms with Crippen LogP contribution in [0.15, 0.2) is 46.6 Å². The summed E-state index contributed by atoms with van der Waals surface area (Å²) in [5, 5.41) is 12.7. The smallest absolute Gasteiger partial charge is 0.281 e. The first-order valence-electron chi connectivity index (χ1n) is 7.10. The maximum absolute atomic E-state index is 14.0. The van der Waals surface area contributed by atoms with Crippen LogP contribution in [0, 0.1) is 5.82 Å². The predicted molar refractivity (Wildman–Crippen MR) is 100.0 cm³/mol. The fraction of sp³-hybridized carbons (Fsp3) is 0.0588. The first-order chi connectivity index (χ1) is 11.9. The first-order valence-corrected chi connectivity index (χ1v) is 8.30. The van der Waals surface area contributed by atoms with Gasteiger partial charge in [0.2, 0.25) is 0 Å². The van der Waals surface area contributed by atoms with Crippen LogP contribution in [0.2, 0.25) is 0 Å². The van der Waals surface area contributed by atoms with Crippen LogP contribution in [0.5, 0.6) is 11.5 Å². The number of methoxy groups -OCH3 is 1. The third kappa shape index (κ3) is 3.22. The van der Waals surface area contributed by atoms with Crippen molar-refractivity contribution in [3.63, 3.8) is 0 Å². The van der Waals surface area contributed by atoms with Gasteiger partial charge >= 0.3 is 0 Å². The summed E-state index contributed by atoms with van der Waals surface area (Å²) in [4.78, 5) is 13.7. The van der Waals surface area contributed by atoms with E-state index in [4.69, 9.17) is 17.0 Å². The average Bonchev–Trinajstić information content (AvgIpc) is 2.85. The van der Waals surface area contributed by atoms with Gasteiger partial charge in [-0.2, -0.15) is 0 Å². The molecule has 0 atom stereocenters. The lowest BCUT2D eigenvalue weighted by atomic mass is 10.1. The predicted octanol–water partition coefficient (Wildman–Crippen LogP) is 3.56. The van der Waals surface area contributed by atoms with Gasteiger partial charge in [-0.15, -0.1) is 0 Å². The van der Waals surface area contributed by atoms with Crippen LogP contribution in [0.25, 0.3) is 6.08 Å². The zero-order valence-electron chi connectivity index (χ0n) is 12.9. The quantitative estimate of drug-likeness (QED) is 0.584. The lowest BCUT2D eigenvalue weighted by Crippen LogP contribution is -2.31. The van der Waals surface area contributed by atoms with Crippen molar-refractivity contribution in [2.75, 3.05) is 12.0 Å². The zero-order chi connectivity index (χ0) is 18.1. The Morgan fingerprint density at radius 2 is 2.08 bits per heavy atom. The van der Waals surface area contributed by atoms with Crippen molar-refractivity contribution >= 4 is 50.9 Å². The summed E-state index contributed by atoms with van der Waals surface area (Å²) in [5.74, 6) is -0.812. The maximum atomic E-state index is 14.0. The molecule has 1 fully saturated rings. The number of benzene rings is 2. The standard InChI is InChI=1S/C17H12BrFN2O3S/c1-24-14-8-9(6-10(18)15(14)22)7-12-16(23)21(17(25)20-12)13-5-3-2-4-11(13)19/h2-8,22H,1H3,(H,20,25)/b12-7-. The van der Waals surface area contributed by atoms with Crippen molar-refractivity contribution in [1.82, 2.24) is 5.32 Å². The Morgan fingerprint density at radius 3 is 2.76 bits per heavy atom. The van der Waals surface area contributed by atoms with Crippen molar-refractivity contribution in [3.8, 4) is 11.5 Å². The molecule has 2 N–H and O–H groups in total. The second kappa shape index (κ2) is 6.81. The molecule has 5 nitrogen and oxygen atoms in total. The van der Waals surface area contributed by atoms with E-state index in [0.717, 1.165) is 4.90 Å². The van der Waals surface area contributed by atoms with E-state index in [9.17, 15) is 14.3 Å². The Balaban J connectivity index is 1.99. The molecule has 1 aliphatic heterocycles. The highest BCUT2D eigenvalue weighted by molar-refractivity contribution is 9.10. The number of aromatic hydroxyl groups is 1. The Labute approximate surface area is 156 Å². The second-order valence-electron chi connectivity index (χ2n) is 5.13. The number of phenolic OH excluding ortho intramolecular Hbond substituents is 1. The van der Waals surface area contributed by atoms with Crippen molar-refractivity contribution in [2.45, 2.75) is 0 Å². The number of hydrogen-bond donors (Lipinski definition) is 2. The van der Waals surface area contributed by atoms with Crippen molar-refractivity contribution in [3.05, 3.63) is 57.9 Å². The van der Waals surface area contributed by atoms with Gasteiger partial charge in [-0.05, 0) is 64.1 Å². The fourth-order valence-electron chi connectivity index (χ4n) is 2.39. The van der Waals surface area contributed by atoms with Crippen LogP contribution in [0.4, 0.5) is 10.1 Å². The Hall–Kier alpha value is -2.45. The lowest BCUT2D eigenvalue weighted by Gasteiger charge is -2.14. The van der Waals surface area contributed by atoms with E-state index >= 15 is 0 Å². The Kier molecular flexibility index (Phi) is 4.73. The Morgan fingerprint density at radius 1 is 1.36 bits per heavy atom. The monoisotopic (exact) mass is 422 g/mol. The van der Waals surface area contributed by atoms with Gasteiger partial charge in [-0.25, -0.2) is 9.29 Å². The summed E-state index contributed by atoms with van der Waals surface area (Å²) in [7, 11) is 1.42. The molecule has 1 amide bonds. The minimum absolute atomic E-state index is 0.0427. The van der Waals surface area contributed by atoms with Crippen molar-refractivity contribution in [1.29, 1.82) is 0 Å². The number of thiocarbonyl (C=S) groups is 1. The summed E-state index contributed by atoms with van der Waals surface area (Å²) in [6.07, 6.45) is 1.54. The summed E-state index contributed by atoms with van der Waals surface area (Å²) in [6.45, 7) is 0. The molecule has 0 radical (unpaired) electrons. The van der Waals surface area contributed by atoms with Gasteiger partial charge in [-0.1, -0.05) is 12.1 Å². The number of amides is 1. The molecular formula is C17H12BrFN2O3S. The van der Waals surface area contributed by atoms with Gasteiger partial charge in [0.05, 0.1) is 17.3 Å². The van der Waals surface area contributed by atoms with Gasteiger partial charge in [0, 0.05) is 0 Å². The van der Waals surface area contributed by atoms with E-state index < -0.39 is 11.7 Å². The SMILES string of the molecule is COc1cc(/C=C2\NC(=S)N(c3ccccc3F)C2=O)cc(Br)c1O. The normalized spacial score (nSPS) is 15.6. The highest BCUT2D eigenvalue weighted by Gasteiger charge is 2.33. The van der Waals surface area contributed by atoms with E-state index in [1.807, 2.05) is 0 Å². The maximum Gasteiger partial charge on any atom is 0.281 e. The number of nitrogens with zero attached hydrogens (tertiary/aromatic N) is 1. The van der Waals surface area contributed by atoms with Gasteiger partial charge in [0.15, 0.2) is 16.6 Å². The number of carbonyl (C=O) groups excluding carboxylic acids is 1. The number of carbonyl (C=O) groups is 1. The number of ether oxygens (including phenoxy) is 1. The minimum atomic E-state index is -0.546. The number of hydrogen-bond acceptors (Lipinski definition) is 4. The Bertz CT molecular complexity index is 917. The molecule has 0 aliphatic carbocycles. The highest BCUT2D eigenvalue weighted by atomic mass is 79.9. The number of phenols is 1. The third-order valence-corrected chi connectivity index (χ3v) is 4.44. The average molecular weight is 423 g/mol. The zero-order valence-corrected chi connectivity index (χ0v) is 15.3. The van der Waals surface area contributed by atoms with E-state index in [-0.39, 0.29) is 28.0 Å². The van der Waals surface area contributed by atoms with E-state index in [1.165, 1.54) is 25.3 Å². The van der Waals surface area contributed by atoms with Crippen LogP contribution in [-0.2, 0) is 4.79 Å². The number of para-hydroxylation sites is 1. The second-order valence-corrected chi connectivity index (χ2v) is 6.37. The van der Waals surface area contributed by atoms with Gasteiger partial charge in [-0.3, -0.25) is 4.79 Å². The van der Waals surface area contributed by atoms with Gasteiger partial charge in [0.1, 0.15) is 11.5 Å². The highest BCUT2D eigenvalue weighted by Crippen LogP contribution is 2.36. The molecule has 0 aromatic heterocycles. The fourth-order valence-corrected chi connectivity index (χ4v) is 3.14. The summed E-state index contributed by atoms with van der Waals surface area (Å²) < 4.78 is 19.5. The topological polar surface area (TPSA) is 61.8 Å². The van der Waals surface area contributed by atoms with Crippen LogP contribution in [0.1, 0.15) is 5.56 Å². The van der Waals surface area contributed by atoms with Crippen molar-refractivity contribution < 1.29 is 19.0 Å². The molecule has 0 unspecified atom stereocenters. The number of rotatable bonds is 3. The van der Waals surface area contributed by atoms with Crippen molar-refractivity contribution in [2.24, 2.45) is 0 Å². The molecule has 1 saturated heterocycles. The molecule has 0 bridgehead atoms. The van der Waals surface area contributed by atoms with Gasteiger partial charge < -0.3 is 15.2 Å². The summed E-state index contributed by atoms with van der Waals surface area (Å²) in [5.41, 5.74) is 0.862. The molecule has 0 spiro atoms. The molecule has 0 saturated carbocycles. The van der Waals surface area contributed by atoms with Crippen LogP contribution >= 0.6 is 28.1 Å². The summed E-state index contributed by atoms with van der Waals surface area (Å²) in [6, 6.07) is 9.08. The van der Waals surface area contributed by atoms with Gasteiger partial charge in [0.25, 0.3) is 5.91 Å². The lowest BCUT2D eigenvalue weighted by molar-refractivity contribution is -0.113. The molecule has 25 heavy (non-hydrogen) atoms. The van der Waals surface area contributed by atoms with Crippen LogP contribution in [-0.4, -0.2) is 23.2 Å². The van der Waals surface area contributed by atoms with E-state index in [0.29, 0.717) is 10.0 Å². The first kappa shape index (κ1) is 17.4. The minimum Gasteiger partial charge on any atom is -0.503 e. The largest absolute Gasteiger partial charge is 0.503 e. The molecule has 128 valence electrons. The van der Waals surface area contributed by atoms with Crippen LogP contribution in [0.3, 0.4) is 0 Å². The molecule has 3 rings (SSSR count). The van der Waals surface area contributed by atoms with E-state index in [1.54, 1.807) is 24.3 Å². The molecule has 8 heteroatoms. The molecule has 2 aromatic carbocycles. The molecule has 2 aromatic rings. The molecular weight excluding hydrogens is 411 g/mol. The number of anilines is 1. The van der Waals surface area contributed by atoms with Crippen LogP contribution < -0.4 is 15.0 Å². The molecule has 1 heterocycles. The third-order valence-electron chi connectivity index (χ3n) is 3.55.